The third-order valence-electron chi connectivity index (χ3n) is 12.9. The molecule has 25 heteroatoms. The number of amides is 10. The Labute approximate surface area is 459 Å². The Morgan fingerprint density at radius 1 is 0.544 bits per heavy atom. The number of aliphatic carboxylic acids is 2. The standard InChI is InChI=1S/C54H79N11O14/c1-29(2)24-37(60-46(70)34(55)26-32-14-9-7-10-15-32)48(72)61-38(25-30(3)4)49(73)63-40(28-44(68)69)50(74)59-36(20-22-43(57)67)53(77)65-23-13-18-41(65)52(76)58-35(19-21-42(56)66)47(71)62-39(27-33-16-11-8-12-17-33)51(75)64-45(31(5)6)54(78)79/h7-12,14-17,29-31,34-41,45H,13,18-28,55H2,1-6H3,(H2,56,66)(H2,57,67)(H,58,76)(H,59,74)(H,60,70)(H,61,72)(H,62,71)(H,63,73)(H,64,75)(H,68,69)(H,78,79). The summed E-state index contributed by atoms with van der Waals surface area (Å²) in [6.07, 6.45) is -2.29. The van der Waals surface area contributed by atoms with Crippen molar-refractivity contribution in [1.29, 1.82) is 0 Å². The molecule has 1 aliphatic rings. The average molecular weight is 1110 g/mol. The summed E-state index contributed by atoms with van der Waals surface area (Å²) in [6.45, 7) is 10.2. The smallest absolute Gasteiger partial charge is 0.326 e. The summed E-state index contributed by atoms with van der Waals surface area (Å²) in [6, 6.07) is 4.81. The van der Waals surface area contributed by atoms with Gasteiger partial charge in [-0.1, -0.05) is 102 Å². The second kappa shape index (κ2) is 32.1. The highest BCUT2D eigenvalue weighted by atomic mass is 16.4. The predicted octanol–water partition coefficient (Wildman–Crippen LogP) is -0.978. The molecule has 2 aromatic carbocycles. The molecule has 0 spiro atoms. The van der Waals surface area contributed by atoms with Crippen molar-refractivity contribution in [3.05, 3.63) is 71.8 Å². The molecule has 9 unspecified atom stereocenters. The third kappa shape index (κ3) is 22.5. The van der Waals surface area contributed by atoms with E-state index in [0.29, 0.717) is 5.56 Å². The lowest BCUT2D eigenvalue weighted by Crippen LogP contribution is -2.60. The van der Waals surface area contributed by atoms with Crippen molar-refractivity contribution in [2.75, 3.05) is 6.54 Å². The third-order valence-corrected chi connectivity index (χ3v) is 12.9. The van der Waals surface area contributed by atoms with E-state index in [1.54, 1.807) is 82.3 Å². The van der Waals surface area contributed by atoms with E-state index in [4.69, 9.17) is 17.2 Å². The normalized spacial score (nSPS) is 16.2. The van der Waals surface area contributed by atoms with Gasteiger partial charge in [0.05, 0.1) is 12.5 Å². The number of likely N-dealkylation sites (tertiary alicyclic amines) is 1. The number of carboxylic acid groups (broad SMARTS) is 2. The number of nitrogens with two attached hydrogens (primary N) is 3. The van der Waals surface area contributed by atoms with Crippen molar-refractivity contribution in [2.45, 2.75) is 167 Å². The minimum atomic E-state index is -1.88. The van der Waals surface area contributed by atoms with Crippen molar-refractivity contribution in [2.24, 2.45) is 35.0 Å². The Morgan fingerprint density at radius 3 is 1.46 bits per heavy atom. The van der Waals surface area contributed by atoms with E-state index in [0.717, 1.165) is 10.5 Å². The summed E-state index contributed by atoms with van der Waals surface area (Å²) in [5, 5.41) is 37.3. The monoisotopic (exact) mass is 1110 g/mol. The summed E-state index contributed by atoms with van der Waals surface area (Å²) in [5.74, 6) is -12.7. The maximum atomic E-state index is 14.5. The van der Waals surface area contributed by atoms with E-state index in [1.165, 1.54) is 0 Å². The van der Waals surface area contributed by atoms with Crippen LogP contribution in [0.3, 0.4) is 0 Å². The first-order chi connectivity index (χ1) is 37.2. The van der Waals surface area contributed by atoms with Crippen LogP contribution in [0.25, 0.3) is 0 Å². The molecule has 3 rings (SSSR count). The first-order valence-electron chi connectivity index (χ1n) is 26.4. The van der Waals surface area contributed by atoms with Crippen LogP contribution < -0.4 is 54.4 Å². The molecule has 0 bridgehead atoms. The zero-order valence-corrected chi connectivity index (χ0v) is 45.7. The Hall–Kier alpha value is -7.96. The number of carbonyl (C=O) groups is 12. The zero-order chi connectivity index (χ0) is 59.1. The summed E-state index contributed by atoms with van der Waals surface area (Å²) in [5.41, 5.74) is 18.5. The molecule has 0 aliphatic carbocycles. The molecule has 0 radical (unpaired) electrons. The van der Waals surface area contributed by atoms with E-state index in [9.17, 15) is 67.7 Å². The zero-order valence-electron chi connectivity index (χ0n) is 45.7. The number of hydrogen-bond donors (Lipinski definition) is 12. The van der Waals surface area contributed by atoms with Crippen LogP contribution in [-0.2, 0) is 70.4 Å². The number of rotatable bonds is 33. The lowest BCUT2D eigenvalue weighted by Gasteiger charge is -2.31. The number of primary amides is 2. The van der Waals surface area contributed by atoms with Gasteiger partial charge in [0, 0.05) is 25.8 Å². The van der Waals surface area contributed by atoms with Crippen molar-refractivity contribution in [1.82, 2.24) is 42.1 Å². The van der Waals surface area contributed by atoms with Crippen LogP contribution in [0.2, 0.25) is 0 Å². The largest absolute Gasteiger partial charge is 0.481 e. The second-order valence-corrected chi connectivity index (χ2v) is 21.0. The van der Waals surface area contributed by atoms with Gasteiger partial charge in [0.2, 0.25) is 59.1 Å². The molecule has 1 fully saturated rings. The fraction of sp³-hybridized carbons (Fsp3) is 0.556. The molecule has 1 saturated heterocycles. The van der Waals surface area contributed by atoms with Gasteiger partial charge in [-0.3, -0.25) is 52.7 Å². The molecule has 9 atom stereocenters. The van der Waals surface area contributed by atoms with Gasteiger partial charge in [0.1, 0.15) is 48.3 Å². The van der Waals surface area contributed by atoms with Crippen LogP contribution in [0.1, 0.15) is 110 Å². The minimum Gasteiger partial charge on any atom is -0.481 e. The lowest BCUT2D eigenvalue weighted by atomic mass is 9.99. The number of nitrogens with zero attached hydrogens (tertiary/aromatic N) is 1. The highest BCUT2D eigenvalue weighted by Gasteiger charge is 2.41. The second-order valence-electron chi connectivity index (χ2n) is 21.0. The Bertz CT molecular complexity index is 2460. The first-order valence-corrected chi connectivity index (χ1v) is 26.4. The van der Waals surface area contributed by atoms with Crippen LogP contribution in [0.15, 0.2) is 60.7 Å². The maximum Gasteiger partial charge on any atom is 0.326 e. The Balaban J connectivity index is 1.87. The van der Waals surface area contributed by atoms with Gasteiger partial charge in [-0.15, -0.1) is 0 Å². The quantitative estimate of drug-likeness (QED) is 0.0409. The van der Waals surface area contributed by atoms with Crippen LogP contribution >= 0.6 is 0 Å². The predicted molar refractivity (Wildman–Crippen MR) is 287 cm³/mol. The van der Waals surface area contributed by atoms with Crippen LogP contribution in [-0.4, -0.2) is 147 Å². The van der Waals surface area contributed by atoms with Gasteiger partial charge in [-0.2, -0.15) is 0 Å². The molecule has 434 valence electrons. The van der Waals surface area contributed by atoms with Gasteiger partial charge in [-0.25, -0.2) is 4.79 Å². The topological polar surface area (TPSA) is 411 Å². The molecule has 25 nitrogen and oxygen atoms in total. The number of nitrogens with one attached hydrogen (secondary N) is 7. The fourth-order valence-electron chi connectivity index (χ4n) is 8.82. The van der Waals surface area contributed by atoms with Crippen LogP contribution in [0.5, 0.6) is 0 Å². The molecular formula is C54H79N11O14. The molecule has 1 aliphatic heterocycles. The molecule has 10 amide bonds. The van der Waals surface area contributed by atoms with Gasteiger partial charge in [-0.05, 0) is 73.8 Å². The van der Waals surface area contributed by atoms with Crippen molar-refractivity contribution < 1.29 is 67.7 Å². The van der Waals surface area contributed by atoms with Crippen molar-refractivity contribution >= 4 is 71.0 Å². The maximum absolute atomic E-state index is 14.5. The van der Waals surface area contributed by atoms with E-state index in [1.807, 2.05) is 19.9 Å². The van der Waals surface area contributed by atoms with Crippen molar-refractivity contribution in [3.8, 4) is 0 Å². The number of carbonyl (C=O) groups excluding carboxylic acids is 10. The molecule has 2 aromatic rings. The van der Waals surface area contributed by atoms with Crippen LogP contribution in [0, 0.1) is 17.8 Å². The SMILES string of the molecule is CC(C)CC(NC(=O)C(N)Cc1ccccc1)C(=O)NC(CC(C)C)C(=O)NC(CC(=O)O)C(=O)NC(CCC(N)=O)C(=O)N1CCCC1C(=O)NC(CCC(N)=O)C(=O)NC(Cc1ccccc1)C(=O)NC(C(=O)O)C(C)C. The van der Waals surface area contributed by atoms with Crippen molar-refractivity contribution in [3.63, 3.8) is 0 Å². The molecular weight excluding hydrogens is 1030 g/mol. The molecule has 79 heavy (non-hydrogen) atoms. The molecule has 0 saturated carbocycles. The van der Waals surface area contributed by atoms with Gasteiger partial charge >= 0.3 is 11.9 Å². The minimum absolute atomic E-state index is 0.00680. The summed E-state index contributed by atoms with van der Waals surface area (Å²) in [7, 11) is 0. The average Bonchev–Trinajstić information content (AvgIpc) is 3.88. The molecule has 15 N–H and O–H groups in total. The molecule has 1 heterocycles. The summed E-state index contributed by atoms with van der Waals surface area (Å²) >= 11 is 0. The van der Waals surface area contributed by atoms with E-state index >= 15 is 0 Å². The van der Waals surface area contributed by atoms with E-state index in [2.05, 4.69) is 37.2 Å². The van der Waals surface area contributed by atoms with Crippen LogP contribution in [0.4, 0.5) is 0 Å². The Morgan fingerprint density at radius 2 is 0.975 bits per heavy atom. The van der Waals surface area contributed by atoms with Gasteiger partial charge in [0.15, 0.2) is 0 Å². The number of carboxylic acids is 2. The van der Waals surface area contributed by atoms with E-state index in [-0.39, 0.29) is 63.3 Å². The lowest BCUT2D eigenvalue weighted by molar-refractivity contribution is -0.144. The summed E-state index contributed by atoms with van der Waals surface area (Å²) < 4.78 is 0. The van der Waals surface area contributed by atoms with E-state index < -0.39 is 157 Å². The highest BCUT2D eigenvalue weighted by Crippen LogP contribution is 2.21. The molecule has 0 aromatic heterocycles. The van der Waals surface area contributed by atoms with Gasteiger partial charge < -0.3 is 69.5 Å². The Kier molecular flexibility index (Phi) is 26.5. The first kappa shape index (κ1) is 65.3. The number of hydrogen-bond acceptors (Lipinski definition) is 13. The number of benzene rings is 2. The van der Waals surface area contributed by atoms with Gasteiger partial charge in [0.25, 0.3) is 0 Å². The summed E-state index contributed by atoms with van der Waals surface area (Å²) in [4.78, 5) is 161. The fourth-order valence-corrected chi connectivity index (χ4v) is 8.82. The highest BCUT2D eigenvalue weighted by molar-refractivity contribution is 5.99.